The lowest BCUT2D eigenvalue weighted by Gasteiger charge is -2.23. The van der Waals surface area contributed by atoms with Gasteiger partial charge >= 0.3 is 0 Å². The van der Waals surface area contributed by atoms with Crippen LogP contribution in [-0.4, -0.2) is 25.0 Å². The molecule has 0 aromatic heterocycles. The highest BCUT2D eigenvalue weighted by atomic mass is 35.5. The minimum atomic E-state index is -0.674. The number of hydrogen-bond donors (Lipinski definition) is 2. The van der Waals surface area contributed by atoms with Crippen LogP contribution in [0.3, 0.4) is 0 Å². The standard InChI is InChI=1S/C13H16F2N2O.ClH/c14-10-4-3-9(12(15)7-10)6-13(18)17-11-2-1-5-16-8-11;/h3-4,7,11,16H,1-2,5-6,8H2,(H,17,18);1H. The van der Waals surface area contributed by atoms with Crippen molar-refractivity contribution in [2.75, 3.05) is 13.1 Å². The second-order valence-electron chi connectivity index (χ2n) is 4.52. The molecule has 0 saturated carbocycles. The van der Waals surface area contributed by atoms with Gasteiger partial charge in [0, 0.05) is 18.7 Å². The highest BCUT2D eigenvalue weighted by Gasteiger charge is 2.16. The van der Waals surface area contributed by atoms with Gasteiger partial charge in [-0.2, -0.15) is 0 Å². The summed E-state index contributed by atoms with van der Waals surface area (Å²) in [4.78, 5) is 11.7. The maximum Gasteiger partial charge on any atom is 0.224 e. The highest BCUT2D eigenvalue weighted by Crippen LogP contribution is 2.10. The largest absolute Gasteiger partial charge is 0.352 e. The van der Waals surface area contributed by atoms with E-state index in [-0.39, 0.29) is 36.3 Å². The van der Waals surface area contributed by atoms with Gasteiger partial charge in [0.15, 0.2) is 0 Å². The van der Waals surface area contributed by atoms with Crippen LogP contribution in [0.2, 0.25) is 0 Å². The predicted molar refractivity (Wildman–Crippen MR) is 71.3 cm³/mol. The minimum Gasteiger partial charge on any atom is -0.352 e. The first-order valence-corrected chi connectivity index (χ1v) is 6.09. The van der Waals surface area contributed by atoms with E-state index in [0.29, 0.717) is 0 Å². The van der Waals surface area contributed by atoms with Gasteiger partial charge in [0.1, 0.15) is 11.6 Å². The normalized spacial score (nSPS) is 18.5. The number of halogens is 3. The molecule has 0 radical (unpaired) electrons. The number of carbonyl (C=O) groups is 1. The minimum absolute atomic E-state index is 0. The van der Waals surface area contributed by atoms with E-state index in [2.05, 4.69) is 10.6 Å². The summed E-state index contributed by atoms with van der Waals surface area (Å²) >= 11 is 0. The zero-order valence-corrected chi connectivity index (χ0v) is 11.2. The Morgan fingerprint density at radius 1 is 1.42 bits per heavy atom. The van der Waals surface area contributed by atoms with E-state index in [4.69, 9.17) is 0 Å². The van der Waals surface area contributed by atoms with E-state index in [1.165, 1.54) is 6.07 Å². The van der Waals surface area contributed by atoms with Gasteiger partial charge in [0.25, 0.3) is 0 Å². The molecule has 0 spiro atoms. The van der Waals surface area contributed by atoms with Crippen molar-refractivity contribution in [2.24, 2.45) is 0 Å². The Labute approximate surface area is 117 Å². The fourth-order valence-electron chi connectivity index (χ4n) is 2.09. The number of nitrogens with one attached hydrogen (secondary N) is 2. The first-order chi connectivity index (χ1) is 8.65. The average molecular weight is 291 g/mol. The average Bonchev–Trinajstić information content (AvgIpc) is 2.34. The zero-order valence-electron chi connectivity index (χ0n) is 10.4. The third kappa shape index (κ3) is 4.76. The molecule has 2 rings (SSSR count). The van der Waals surface area contributed by atoms with Crippen molar-refractivity contribution in [1.82, 2.24) is 10.6 Å². The molecule has 0 bridgehead atoms. The molecule has 1 atom stereocenters. The molecule has 1 aromatic rings. The van der Waals surface area contributed by atoms with Gasteiger partial charge in [-0.25, -0.2) is 8.78 Å². The monoisotopic (exact) mass is 290 g/mol. The van der Waals surface area contributed by atoms with Crippen LogP contribution in [0.4, 0.5) is 8.78 Å². The molecule has 6 heteroatoms. The number of piperidine rings is 1. The van der Waals surface area contributed by atoms with E-state index < -0.39 is 11.6 Å². The van der Waals surface area contributed by atoms with Crippen LogP contribution < -0.4 is 10.6 Å². The van der Waals surface area contributed by atoms with E-state index in [0.717, 1.165) is 38.1 Å². The van der Waals surface area contributed by atoms with Gasteiger partial charge in [-0.05, 0) is 31.0 Å². The van der Waals surface area contributed by atoms with Gasteiger partial charge in [-0.3, -0.25) is 4.79 Å². The first-order valence-electron chi connectivity index (χ1n) is 6.09. The number of rotatable bonds is 3. The summed E-state index contributed by atoms with van der Waals surface area (Å²) in [5.41, 5.74) is 0.220. The van der Waals surface area contributed by atoms with Crippen LogP contribution in [0.1, 0.15) is 18.4 Å². The van der Waals surface area contributed by atoms with Crippen LogP contribution in [0.25, 0.3) is 0 Å². The molecule has 1 saturated heterocycles. The molecule has 0 aliphatic carbocycles. The van der Waals surface area contributed by atoms with Crippen LogP contribution in [-0.2, 0) is 11.2 Å². The number of benzene rings is 1. The smallest absolute Gasteiger partial charge is 0.224 e. The lowest BCUT2D eigenvalue weighted by Crippen LogP contribution is -2.46. The van der Waals surface area contributed by atoms with Gasteiger partial charge in [0.05, 0.1) is 6.42 Å². The van der Waals surface area contributed by atoms with Crippen molar-refractivity contribution < 1.29 is 13.6 Å². The summed E-state index contributed by atoms with van der Waals surface area (Å²) < 4.78 is 26.1. The fraction of sp³-hybridized carbons (Fsp3) is 0.462. The third-order valence-corrected chi connectivity index (χ3v) is 3.03. The second kappa shape index (κ2) is 7.40. The summed E-state index contributed by atoms with van der Waals surface area (Å²) in [5, 5.41) is 6.03. The van der Waals surface area contributed by atoms with E-state index in [1.807, 2.05) is 0 Å². The first kappa shape index (κ1) is 15.9. The molecular weight excluding hydrogens is 274 g/mol. The van der Waals surface area contributed by atoms with Crippen LogP contribution in [0.15, 0.2) is 18.2 Å². The maximum absolute atomic E-state index is 13.4. The SMILES string of the molecule is Cl.O=C(Cc1ccc(F)cc1F)NC1CCCNC1. The Morgan fingerprint density at radius 2 is 2.21 bits per heavy atom. The summed E-state index contributed by atoms with van der Waals surface area (Å²) in [6.45, 7) is 1.72. The molecule has 106 valence electrons. The zero-order chi connectivity index (χ0) is 13.0. The van der Waals surface area contributed by atoms with E-state index in [1.54, 1.807) is 0 Å². The Kier molecular flexibility index (Phi) is 6.18. The second-order valence-corrected chi connectivity index (χ2v) is 4.52. The summed E-state index contributed by atoms with van der Waals surface area (Å²) in [5.74, 6) is -1.53. The number of hydrogen-bond acceptors (Lipinski definition) is 2. The molecule has 2 N–H and O–H groups in total. The molecule has 1 aromatic carbocycles. The van der Waals surface area contributed by atoms with Crippen molar-refractivity contribution >= 4 is 18.3 Å². The maximum atomic E-state index is 13.4. The van der Waals surface area contributed by atoms with Crippen LogP contribution in [0.5, 0.6) is 0 Å². The molecule has 1 amide bonds. The Balaban J connectivity index is 0.00000180. The predicted octanol–water partition coefficient (Wildman–Crippen LogP) is 1.80. The van der Waals surface area contributed by atoms with Crippen molar-refractivity contribution in [3.8, 4) is 0 Å². The quantitative estimate of drug-likeness (QED) is 0.891. The van der Waals surface area contributed by atoms with Crippen molar-refractivity contribution in [1.29, 1.82) is 0 Å². The van der Waals surface area contributed by atoms with Crippen LogP contribution >= 0.6 is 12.4 Å². The molecule has 1 aliphatic heterocycles. The van der Waals surface area contributed by atoms with E-state index in [9.17, 15) is 13.6 Å². The van der Waals surface area contributed by atoms with Gasteiger partial charge in [0.2, 0.25) is 5.91 Å². The highest BCUT2D eigenvalue weighted by molar-refractivity contribution is 5.85. The van der Waals surface area contributed by atoms with E-state index >= 15 is 0 Å². The van der Waals surface area contributed by atoms with Crippen LogP contribution in [0, 0.1) is 11.6 Å². The van der Waals surface area contributed by atoms with Gasteiger partial charge in [-0.15, -0.1) is 12.4 Å². The molecular formula is C13H17ClF2N2O. The molecule has 1 heterocycles. The topological polar surface area (TPSA) is 41.1 Å². The molecule has 1 fully saturated rings. The number of carbonyl (C=O) groups excluding carboxylic acids is 1. The lowest BCUT2D eigenvalue weighted by atomic mass is 10.1. The molecule has 1 unspecified atom stereocenters. The summed E-state index contributed by atoms with van der Waals surface area (Å²) in [6.07, 6.45) is 1.91. The Hall–Kier alpha value is -1.20. The third-order valence-electron chi connectivity index (χ3n) is 3.03. The van der Waals surface area contributed by atoms with Gasteiger partial charge in [-0.1, -0.05) is 6.07 Å². The van der Waals surface area contributed by atoms with Crippen molar-refractivity contribution in [2.45, 2.75) is 25.3 Å². The van der Waals surface area contributed by atoms with Crippen molar-refractivity contribution in [3.05, 3.63) is 35.4 Å². The Morgan fingerprint density at radius 3 is 2.84 bits per heavy atom. The Bertz CT molecular complexity index is 437. The molecule has 19 heavy (non-hydrogen) atoms. The summed E-state index contributed by atoms with van der Waals surface area (Å²) in [6, 6.07) is 3.37. The fourth-order valence-corrected chi connectivity index (χ4v) is 2.09. The van der Waals surface area contributed by atoms with Crippen molar-refractivity contribution in [3.63, 3.8) is 0 Å². The van der Waals surface area contributed by atoms with Gasteiger partial charge < -0.3 is 10.6 Å². The molecule has 3 nitrogen and oxygen atoms in total. The molecule has 1 aliphatic rings. The lowest BCUT2D eigenvalue weighted by molar-refractivity contribution is -0.121. The summed E-state index contributed by atoms with van der Waals surface area (Å²) in [7, 11) is 0. The number of amides is 1.